The highest BCUT2D eigenvalue weighted by molar-refractivity contribution is 5.94. The number of rotatable bonds is 2. The molecular weight excluding hydrogens is 202 g/mol. The molecule has 1 amide bonds. The SMILES string of the molecule is CNC(=O)c1ccc(C#CCCO)c(C)c1. The van der Waals surface area contributed by atoms with Crippen LogP contribution >= 0.6 is 0 Å². The molecule has 0 heterocycles. The van der Waals surface area contributed by atoms with Gasteiger partial charge in [-0.15, -0.1) is 0 Å². The monoisotopic (exact) mass is 217 g/mol. The Kier molecular flexibility index (Phi) is 4.56. The molecule has 3 heteroatoms. The van der Waals surface area contributed by atoms with E-state index >= 15 is 0 Å². The fourth-order valence-corrected chi connectivity index (χ4v) is 1.30. The molecule has 0 aromatic heterocycles. The summed E-state index contributed by atoms with van der Waals surface area (Å²) in [6.07, 6.45) is 0.469. The fourth-order valence-electron chi connectivity index (χ4n) is 1.30. The minimum Gasteiger partial charge on any atom is -0.395 e. The molecule has 1 aromatic carbocycles. The van der Waals surface area contributed by atoms with E-state index in [4.69, 9.17) is 5.11 Å². The van der Waals surface area contributed by atoms with Gasteiger partial charge in [0.2, 0.25) is 0 Å². The molecule has 0 aliphatic heterocycles. The normalized spacial score (nSPS) is 9.19. The molecule has 16 heavy (non-hydrogen) atoms. The Morgan fingerprint density at radius 2 is 2.25 bits per heavy atom. The third-order valence-electron chi connectivity index (χ3n) is 2.18. The maximum Gasteiger partial charge on any atom is 0.251 e. The average Bonchev–Trinajstić information content (AvgIpc) is 2.30. The number of nitrogens with one attached hydrogen (secondary N) is 1. The Hall–Kier alpha value is -1.79. The van der Waals surface area contributed by atoms with E-state index in [9.17, 15) is 4.79 Å². The maximum atomic E-state index is 11.4. The van der Waals surface area contributed by atoms with Gasteiger partial charge in [-0.2, -0.15) is 0 Å². The van der Waals surface area contributed by atoms with Gasteiger partial charge in [-0.1, -0.05) is 11.8 Å². The second-order valence-corrected chi connectivity index (χ2v) is 3.38. The first-order valence-electron chi connectivity index (χ1n) is 5.11. The van der Waals surface area contributed by atoms with Gasteiger partial charge in [-0.05, 0) is 30.7 Å². The molecule has 0 fully saturated rings. The second-order valence-electron chi connectivity index (χ2n) is 3.38. The van der Waals surface area contributed by atoms with Gasteiger partial charge in [-0.25, -0.2) is 0 Å². The van der Waals surface area contributed by atoms with Crippen LogP contribution in [0.2, 0.25) is 0 Å². The molecule has 0 saturated carbocycles. The topological polar surface area (TPSA) is 49.3 Å². The summed E-state index contributed by atoms with van der Waals surface area (Å²) in [6.45, 7) is 1.98. The van der Waals surface area contributed by atoms with Crippen LogP contribution in [0.1, 0.15) is 27.9 Å². The molecular formula is C13H15NO2. The zero-order valence-corrected chi connectivity index (χ0v) is 9.50. The molecule has 3 nitrogen and oxygen atoms in total. The minimum atomic E-state index is -0.0991. The van der Waals surface area contributed by atoms with Crippen LogP contribution in [0.25, 0.3) is 0 Å². The number of aliphatic hydroxyl groups is 1. The Bertz CT molecular complexity index is 441. The van der Waals surface area contributed by atoms with Crippen molar-refractivity contribution in [1.29, 1.82) is 0 Å². The Labute approximate surface area is 95.5 Å². The summed E-state index contributed by atoms with van der Waals surface area (Å²) < 4.78 is 0. The summed E-state index contributed by atoms with van der Waals surface area (Å²) in [7, 11) is 1.60. The number of hydrogen-bond donors (Lipinski definition) is 2. The van der Waals surface area contributed by atoms with Crippen LogP contribution in [-0.4, -0.2) is 24.7 Å². The average molecular weight is 217 g/mol. The standard InChI is InChI=1S/C13H15NO2/c1-10-9-12(13(16)14-2)7-6-11(10)5-3-4-8-15/h6-7,9,15H,4,8H2,1-2H3,(H,14,16). The van der Waals surface area contributed by atoms with Crippen LogP contribution in [0.3, 0.4) is 0 Å². The van der Waals surface area contributed by atoms with Crippen molar-refractivity contribution in [3.05, 3.63) is 34.9 Å². The van der Waals surface area contributed by atoms with E-state index in [1.165, 1.54) is 0 Å². The number of aliphatic hydroxyl groups excluding tert-OH is 1. The molecule has 0 unspecified atom stereocenters. The number of aryl methyl sites for hydroxylation is 1. The van der Waals surface area contributed by atoms with Crippen molar-refractivity contribution in [3.63, 3.8) is 0 Å². The molecule has 0 bridgehead atoms. The third-order valence-corrected chi connectivity index (χ3v) is 2.18. The number of carbonyl (C=O) groups is 1. The van der Waals surface area contributed by atoms with Crippen LogP contribution in [-0.2, 0) is 0 Å². The van der Waals surface area contributed by atoms with E-state index in [1.807, 2.05) is 19.1 Å². The van der Waals surface area contributed by atoms with Crippen molar-refractivity contribution in [3.8, 4) is 11.8 Å². The Balaban J connectivity index is 2.93. The molecule has 1 aromatic rings. The Morgan fingerprint density at radius 3 is 2.81 bits per heavy atom. The molecule has 0 atom stereocenters. The van der Waals surface area contributed by atoms with Crippen molar-refractivity contribution in [2.75, 3.05) is 13.7 Å². The van der Waals surface area contributed by atoms with Crippen LogP contribution < -0.4 is 5.32 Å². The van der Waals surface area contributed by atoms with Crippen molar-refractivity contribution in [1.82, 2.24) is 5.32 Å². The lowest BCUT2D eigenvalue weighted by atomic mass is 10.0. The first kappa shape index (κ1) is 12.3. The van der Waals surface area contributed by atoms with Gasteiger partial charge >= 0.3 is 0 Å². The largest absolute Gasteiger partial charge is 0.395 e. The summed E-state index contributed by atoms with van der Waals surface area (Å²) in [5.41, 5.74) is 2.49. The summed E-state index contributed by atoms with van der Waals surface area (Å²) in [4.78, 5) is 11.4. The fraction of sp³-hybridized carbons (Fsp3) is 0.308. The highest BCUT2D eigenvalue weighted by Crippen LogP contribution is 2.10. The summed E-state index contributed by atoms with van der Waals surface area (Å²) >= 11 is 0. The lowest BCUT2D eigenvalue weighted by molar-refractivity contribution is 0.0963. The van der Waals surface area contributed by atoms with Crippen molar-refractivity contribution in [2.24, 2.45) is 0 Å². The molecule has 0 spiro atoms. The number of amides is 1. The third kappa shape index (κ3) is 3.11. The molecule has 1 rings (SSSR count). The molecule has 0 radical (unpaired) electrons. The lowest BCUT2D eigenvalue weighted by Crippen LogP contribution is -2.17. The van der Waals surface area contributed by atoms with E-state index in [0.29, 0.717) is 12.0 Å². The van der Waals surface area contributed by atoms with Crippen molar-refractivity contribution >= 4 is 5.91 Å². The van der Waals surface area contributed by atoms with Gasteiger partial charge in [0.05, 0.1) is 6.61 Å². The highest BCUT2D eigenvalue weighted by Gasteiger charge is 2.04. The first-order chi connectivity index (χ1) is 7.69. The van der Waals surface area contributed by atoms with E-state index < -0.39 is 0 Å². The second kappa shape index (κ2) is 5.94. The first-order valence-corrected chi connectivity index (χ1v) is 5.11. The van der Waals surface area contributed by atoms with Crippen LogP contribution in [0.4, 0.5) is 0 Å². The van der Waals surface area contributed by atoms with Crippen LogP contribution in [0.15, 0.2) is 18.2 Å². The van der Waals surface area contributed by atoms with Gasteiger partial charge < -0.3 is 10.4 Å². The Morgan fingerprint density at radius 1 is 1.50 bits per heavy atom. The number of carbonyl (C=O) groups excluding carboxylic acids is 1. The van der Waals surface area contributed by atoms with Gasteiger partial charge in [0.25, 0.3) is 5.91 Å². The smallest absolute Gasteiger partial charge is 0.251 e. The van der Waals surface area contributed by atoms with Crippen molar-refractivity contribution in [2.45, 2.75) is 13.3 Å². The zero-order chi connectivity index (χ0) is 12.0. The van der Waals surface area contributed by atoms with Gasteiger partial charge in [-0.3, -0.25) is 4.79 Å². The molecule has 0 aliphatic carbocycles. The summed E-state index contributed by atoms with van der Waals surface area (Å²) in [5, 5.41) is 11.2. The van der Waals surface area contributed by atoms with E-state index in [2.05, 4.69) is 17.2 Å². The molecule has 0 saturated heterocycles. The van der Waals surface area contributed by atoms with E-state index in [0.717, 1.165) is 11.1 Å². The van der Waals surface area contributed by atoms with Crippen LogP contribution in [0, 0.1) is 18.8 Å². The highest BCUT2D eigenvalue weighted by atomic mass is 16.2. The van der Waals surface area contributed by atoms with Crippen molar-refractivity contribution < 1.29 is 9.90 Å². The van der Waals surface area contributed by atoms with E-state index in [1.54, 1.807) is 13.1 Å². The predicted molar refractivity (Wildman–Crippen MR) is 63.2 cm³/mol. The molecule has 84 valence electrons. The predicted octanol–water partition coefficient (Wildman–Crippen LogP) is 1.09. The minimum absolute atomic E-state index is 0.0718. The molecule has 2 N–H and O–H groups in total. The molecule has 0 aliphatic rings. The number of benzene rings is 1. The van der Waals surface area contributed by atoms with Gasteiger partial charge in [0, 0.05) is 24.6 Å². The summed E-state index contributed by atoms with van der Waals surface area (Å²) in [5.74, 6) is 5.71. The number of hydrogen-bond acceptors (Lipinski definition) is 2. The summed E-state index contributed by atoms with van der Waals surface area (Å²) in [6, 6.07) is 5.38. The van der Waals surface area contributed by atoms with Gasteiger partial charge in [0.15, 0.2) is 0 Å². The maximum absolute atomic E-state index is 11.4. The zero-order valence-electron chi connectivity index (χ0n) is 9.50. The van der Waals surface area contributed by atoms with Gasteiger partial charge in [0.1, 0.15) is 0 Å². The quantitative estimate of drug-likeness (QED) is 0.728. The lowest BCUT2D eigenvalue weighted by Gasteiger charge is -2.02. The van der Waals surface area contributed by atoms with E-state index in [-0.39, 0.29) is 12.5 Å². The van der Waals surface area contributed by atoms with Crippen LogP contribution in [0.5, 0.6) is 0 Å².